The summed E-state index contributed by atoms with van der Waals surface area (Å²) in [5, 5.41) is 7.47. The van der Waals surface area contributed by atoms with Gasteiger partial charge in [0.15, 0.2) is 5.82 Å². The molecule has 0 aromatic carbocycles. The fourth-order valence-electron chi connectivity index (χ4n) is 1.88. The maximum absolute atomic E-state index is 5.13. The van der Waals surface area contributed by atoms with Gasteiger partial charge >= 0.3 is 0 Å². The van der Waals surface area contributed by atoms with Gasteiger partial charge in [0.05, 0.1) is 0 Å². The van der Waals surface area contributed by atoms with Crippen molar-refractivity contribution in [3.05, 3.63) is 34.3 Å². The van der Waals surface area contributed by atoms with E-state index < -0.39 is 0 Å². The van der Waals surface area contributed by atoms with Crippen LogP contribution in [0.4, 0.5) is 11.6 Å². The van der Waals surface area contributed by atoms with Crippen LogP contribution in [0.3, 0.4) is 0 Å². The van der Waals surface area contributed by atoms with Crippen LogP contribution in [0.5, 0.6) is 0 Å². The van der Waals surface area contributed by atoms with Crippen molar-refractivity contribution in [3.63, 3.8) is 0 Å². The van der Waals surface area contributed by atoms with Gasteiger partial charge in [0.25, 0.3) is 0 Å². The number of rotatable bonds is 7. The van der Waals surface area contributed by atoms with E-state index in [4.69, 9.17) is 4.74 Å². The van der Waals surface area contributed by atoms with Gasteiger partial charge in [-0.3, -0.25) is 0 Å². The third-order valence-electron chi connectivity index (χ3n) is 2.78. The Kier molecular flexibility index (Phi) is 5.31. The molecule has 0 aliphatic carbocycles. The zero-order valence-electron chi connectivity index (χ0n) is 12.1. The van der Waals surface area contributed by atoms with Crippen LogP contribution in [-0.2, 0) is 17.9 Å². The second-order valence-corrected chi connectivity index (χ2v) is 5.26. The van der Waals surface area contributed by atoms with E-state index in [0.29, 0.717) is 12.4 Å². The number of ether oxygens (including phenoxy) is 1. The number of hydrogen-bond donors (Lipinski definition) is 1. The van der Waals surface area contributed by atoms with Gasteiger partial charge < -0.3 is 15.0 Å². The number of hydrogen-bond acceptors (Lipinski definition) is 6. The fourth-order valence-corrected chi connectivity index (χ4v) is 2.54. The molecule has 0 spiro atoms. The van der Waals surface area contributed by atoms with E-state index in [2.05, 4.69) is 37.0 Å². The molecular weight excluding hydrogens is 272 g/mol. The molecule has 0 radical (unpaired) electrons. The summed E-state index contributed by atoms with van der Waals surface area (Å²) in [7, 11) is 3.68. The van der Waals surface area contributed by atoms with Crippen molar-refractivity contribution >= 4 is 23.0 Å². The van der Waals surface area contributed by atoms with Crippen LogP contribution in [-0.4, -0.2) is 30.7 Å². The van der Waals surface area contributed by atoms with Gasteiger partial charge in [-0.15, -0.1) is 0 Å². The second-order valence-electron chi connectivity index (χ2n) is 4.48. The first-order valence-corrected chi connectivity index (χ1v) is 7.50. The molecule has 1 N–H and O–H groups in total. The standard InChI is InChI=1S/C14H20N4OS/c1-4-15-12-7-14(17-13(16-12)9-19-3)18(2)8-11-5-6-20-10-11/h5-7,10H,4,8-9H2,1-3H3,(H,15,16,17). The fraction of sp³-hybridized carbons (Fsp3) is 0.429. The smallest absolute Gasteiger partial charge is 0.158 e. The summed E-state index contributed by atoms with van der Waals surface area (Å²) >= 11 is 1.71. The molecule has 108 valence electrons. The Morgan fingerprint density at radius 3 is 2.90 bits per heavy atom. The maximum atomic E-state index is 5.13. The van der Waals surface area contributed by atoms with Crippen molar-refractivity contribution in [1.82, 2.24) is 9.97 Å². The highest BCUT2D eigenvalue weighted by Gasteiger charge is 2.09. The van der Waals surface area contributed by atoms with E-state index >= 15 is 0 Å². The molecule has 0 saturated carbocycles. The summed E-state index contributed by atoms with van der Waals surface area (Å²) in [5.41, 5.74) is 1.29. The van der Waals surface area contributed by atoms with E-state index in [-0.39, 0.29) is 0 Å². The van der Waals surface area contributed by atoms with Crippen LogP contribution >= 0.6 is 11.3 Å². The van der Waals surface area contributed by atoms with Crippen molar-refractivity contribution in [2.24, 2.45) is 0 Å². The van der Waals surface area contributed by atoms with E-state index in [1.165, 1.54) is 5.56 Å². The Balaban J connectivity index is 2.19. The summed E-state index contributed by atoms with van der Waals surface area (Å²) in [6.45, 7) is 4.13. The zero-order chi connectivity index (χ0) is 14.4. The first-order valence-electron chi connectivity index (χ1n) is 6.56. The first-order chi connectivity index (χ1) is 9.72. The largest absolute Gasteiger partial charge is 0.377 e. The third kappa shape index (κ3) is 3.91. The van der Waals surface area contributed by atoms with Crippen molar-refractivity contribution in [2.45, 2.75) is 20.1 Å². The lowest BCUT2D eigenvalue weighted by Crippen LogP contribution is -2.19. The monoisotopic (exact) mass is 292 g/mol. The van der Waals surface area contributed by atoms with Crippen LogP contribution < -0.4 is 10.2 Å². The molecule has 0 amide bonds. The predicted molar refractivity (Wildman–Crippen MR) is 83.3 cm³/mol. The Labute approximate surface area is 123 Å². The van der Waals surface area contributed by atoms with Crippen LogP contribution in [0.15, 0.2) is 22.9 Å². The van der Waals surface area contributed by atoms with Gasteiger partial charge in [-0.05, 0) is 29.3 Å². The molecule has 20 heavy (non-hydrogen) atoms. The average molecular weight is 292 g/mol. The number of nitrogens with zero attached hydrogens (tertiary/aromatic N) is 3. The Morgan fingerprint density at radius 2 is 2.25 bits per heavy atom. The van der Waals surface area contributed by atoms with Gasteiger partial charge in [0.1, 0.15) is 18.2 Å². The Hall–Kier alpha value is -1.66. The van der Waals surface area contributed by atoms with Gasteiger partial charge in [0.2, 0.25) is 0 Å². The molecule has 2 aromatic heterocycles. The first kappa shape index (κ1) is 14.7. The highest BCUT2D eigenvalue weighted by Crippen LogP contribution is 2.18. The predicted octanol–water partition coefficient (Wildman–Crippen LogP) is 2.75. The van der Waals surface area contributed by atoms with Gasteiger partial charge in [-0.25, -0.2) is 9.97 Å². The van der Waals surface area contributed by atoms with E-state index in [0.717, 1.165) is 24.7 Å². The molecule has 2 rings (SSSR count). The molecule has 6 heteroatoms. The quantitative estimate of drug-likeness (QED) is 0.850. The molecule has 0 saturated heterocycles. The maximum Gasteiger partial charge on any atom is 0.158 e. The highest BCUT2D eigenvalue weighted by atomic mass is 32.1. The van der Waals surface area contributed by atoms with Crippen LogP contribution in [0.25, 0.3) is 0 Å². The minimum Gasteiger partial charge on any atom is -0.377 e. The lowest BCUT2D eigenvalue weighted by Gasteiger charge is -2.19. The van der Waals surface area contributed by atoms with Gasteiger partial charge in [-0.2, -0.15) is 11.3 Å². The molecule has 0 bridgehead atoms. The Morgan fingerprint density at radius 1 is 1.40 bits per heavy atom. The van der Waals surface area contributed by atoms with Crippen molar-refractivity contribution in [3.8, 4) is 0 Å². The van der Waals surface area contributed by atoms with Crippen molar-refractivity contribution in [1.29, 1.82) is 0 Å². The van der Waals surface area contributed by atoms with E-state index in [1.807, 2.05) is 20.0 Å². The van der Waals surface area contributed by atoms with E-state index in [9.17, 15) is 0 Å². The summed E-state index contributed by atoms with van der Waals surface area (Å²) in [6, 6.07) is 4.10. The minimum absolute atomic E-state index is 0.415. The van der Waals surface area contributed by atoms with Crippen LogP contribution in [0.2, 0.25) is 0 Å². The Bertz CT molecular complexity index is 506. The summed E-state index contributed by atoms with van der Waals surface area (Å²) in [6.07, 6.45) is 0. The molecular formula is C14H20N4OS. The summed E-state index contributed by atoms with van der Waals surface area (Å²) in [5.74, 6) is 2.43. The lowest BCUT2D eigenvalue weighted by molar-refractivity contribution is 0.178. The van der Waals surface area contributed by atoms with Crippen LogP contribution in [0, 0.1) is 0 Å². The molecule has 2 aromatic rings. The zero-order valence-corrected chi connectivity index (χ0v) is 12.9. The van der Waals surface area contributed by atoms with Crippen molar-refractivity contribution < 1.29 is 4.74 Å². The average Bonchev–Trinajstić information content (AvgIpc) is 2.92. The number of nitrogens with one attached hydrogen (secondary N) is 1. The number of thiophene rings is 1. The molecule has 5 nitrogen and oxygen atoms in total. The molecule has 0 unspecified atom stereocenters. The number of methoxy groups -OCH3 is 1. The second kappa shape index (κ2) is 7.21. The van der Waals surface area contributed by atoms with E-state index in [1.54, 1.807) is 18.4 Å². The highest BCUT2D eigenvalue weighted by molar-refractivity contribution is 7.07. The number of aromatic nitrogens is 2. The molecule has 0 fully saturated rings. The molecule has 0 aliphatic rings. The topological polar surface area (TPSA) is 50.3 Å². The molecule has 2 heterocycles. The number of anilines is 2. The lowest BCUT2D eigenvalue weighted by atomic mass is 10.3. The van der Waals surface area contributed by atoms with Gasteiger partial charge in [-0.1, -0.05) is 0 Å². The summed E-state index contributed by atoms with van der Waals surface area (Å²) < 4.78 is 5.13. The van der Waals surface area contributed by atoms with Crippen molar-refractivity contribution in [2.75, 3.05) is 30.9 Å². The normalized spacial score (nSPS) is 10.6. The third-order valence-corrected chi connectivity index (χ3v) is 3.51. The van der Waals surface area contributed by atoms with Gasteiger partial charge in [0, 0.05) is 33.3 Å². The molecule has 0 aliphatic heterocycles. The minimum atomic E-state index is 0.415. The van der Waals surface area contributed by atoms with Crippen LogP contribution in [0.1, 0.15) is 18.3 Å². The molecule has 0 atom stereocenters. The summed E-state index contributed by atoms with van der Waals surface area (Å²) in [4.78, 5) is 11.1. The SMILES string of the molecule is CCNc1cc(N(C)Cc2ccsc2)nc(COC)n1.